The summed E-state index contributed by atoms with van der Waals surface area (Å²) in [5.41, 5.74) is 4.79. The van der Waals surface area contributed by atoms with Gasteiger partial charge in [0.1, 0.15) is 23.9 Å². The van der Waals surface area contributed by atoms with E-state index in [4.69, 9.17) is 14.5 Å². The van der Waals surface area contributed by atoms with Crippen LogP contribution in [-0.4, -0.2) is 29.2 Å². The van der Waals surface area contributed by atoms with Crippen molar-refractivity contribution in [3.8, 4) is 11.5 Å². The molecular weight excluding hydrogens is 402 g/mol. The number of carbonyl (C=O) groups excluding carboxylic acids is 1. The van der Waals surface area contributed by atoms with Crippen LogP contribution in [0.25, 0.3) is 11.0 Å². The summed E-state index contributed by atoms with van der Waals surface area (Å²) in [6, 6.07) is 21.2. The van der Waals surface area contributed by atoms with E-state index < -0.39 is 0 Å². The monoisotopic (exact) mass is 429 g/mol. The fourth-order valence-electron chi connectivity index (χ4n) is 3.74. The maximum Gasteiger partial charge on any atom is 0.251 e. The number of fused-ring (bicyclic) bond motifs is 1. The molecule has 1 amide bonds. The lowest BCUT2D eigenvalue weighted by molar-refractivity contribution is 0.0949. The van der Waals surface area contributed by atoms with Gasteiger partial charge in [-0.3, -0.25) is 4.79 Å². The number of para-hydroxylation sites is 2. The van der Waals surface area contributed by atoms with E-state index in [0.717, 1.165) is 28.2 Å². The molecule has 0 saturated carbocycles. The third-order valence-corrected chi connectivity index (χ3v) is 5.38. The molecule has 1 N–H and O–H groups in total. The predicted molar refractivity (Wildman–Crippen MR) is 125 cm³/mol. The third-order valence-electron chi connectivity index (χ3n) is 5.38. The van der Waals surface area contributed by atoms with E-state index in [2.05, 4.69) is 35.9 Å². The molecule has 0 aliphatic rings. The number of aryl methyl sites for hydroxylation is 2. The van der Waals surface area contributed by atoms with Crippen LogP contribution in [0.2, 0.25) is 0 Å². The van der Waals surface area contributed by atoms with Crippen LogP contribution in [-0.2, 0) is 13.1 Å². The number of imidazole rings is 1. The number of rotatable bonds is 8. The molecule has 0 aliphatic heterocycles. The van der Waals surface area contributed by atoms with Crippen molar-refractivity contribution in [2.75, 3.05) is 13.7 Å². The van der Waals surface area contributed by atoms with Crippen LogP contribution < -0.4 is 14.8 Å². The number of nitrogens with zero attached hydrogens (tertiary/aromatic N) is 2. The number of methoxy groups -OCH3 is 1. The van der Waals surface area contributed by atoms with Gasteiger partial charge in [0.15, 0.2) is 0 Å². The normalized spacial score (nSPS) is 10.8. The molecule has 164 valence electrons. The second-order valence-electron chi connectivity index (χ2n) is 7.70. The van der Waals surface area contributed by atoms with Crippen molar-refractivity contribution in [3.63, 3.8) is 0 Å². The predicted octanol–water partition coefficient (Wildman–Crippen LogP) is 4.67. The van der Waals surface area contributed by atoms with E-state index in [1.54, 1.807) is 25.3 Å². The molecule has 6 nitrogen and oxygen atoms in total. The first-order chi connectivity index (χ1) is 15.5. The van der Waals surface area contributed by atoms with Crippen LogP contribution in [0, 0.1) is 13.8 Å². The highest BCUT2D eigenvalue weighted by Gasteiger charge is 2.13. The van der Waals surface area contributed by atoms with Crippen molar-refractivity contribution < 1.29 is 14.3 Å². The molecule has 0 radical (unpaired) electrons. The molecular formula is C26H27N3O3. The molecule has 4 rings (SSSR count). The van der Waals surface area contributed by atoms with Crippen LogP contribution in [0.15, 0.2) is 66.7 Å². The van der Waals surface area contributed by atoms with Crippen molar-refractivity contribution in [2.24, 2.45) is 0 Å². The lowest BCUT2D eigenvalue weighted by atomic mass is 10.1. The molecule has 32 heavy (non-hydrogen) atoms. The quantitative estimate of drug-likeness (QED) is 0.442. The maximum absolute atomic E-state index is 12.6. The van der Waals surface area contributed by atoms with Crippen LogP contribution in [0.4, 0.5) is 0 Å². The molecule has 0 spiro atoms. The van der Waals surface area contributed by atoms with E-state index in [1.807, 2.05) is 36.4 Å². The van der Waals surface area contributed by atoms with Gasteiger partial charge in [0.25, 0.3) is 5.91 Å². The molecule has 0 atom stereocenters. The van der Waals surface area contributed by atoms with Crippen molar-refractivity contribution in [1.29, 1.82) is 0 Å². The van der Waals surface area contributed by atoms with Gasteiger partial charge in [-0.1, -0.05) is 35.9 Å². The number of hydrogen-bond acceptors (Lipinski definition) is 4. The summed E-state index contributed by atoms with van der Waals surface area (Å²) in [7, 11) is 1.58. The SMILES string of the molecule is COc1cccc(C(=O)NCc2nc3ccccc3n2CCOc2ccc(C)cc2C)c1. The highest BCUT2D eigenvalue weighted by atomic mass is 16.5. The fourth-order valence-corrected chi connectivity index (χ4v) is 3.74. The first-order valence-corrected chi connectivity index (χ1v) is 10.6. The van der Waals surface area contributed by atoms with Crippen LogP contribution in [0.3, 0.4) is 0 Å². The molecule has 3 aromatic carbocycles. The summed E-state index contributed by atoms with van der Waals surface area (Å²) in [5.74, 6) is 2.14. The molecule has 0 fully saturated rings. The molecule has 6 heteroatoms. The standard InChI is InChI=1S/C26H27N3O3/c1-18-11-12-24(19(2)15-18)32-14-13-29-23-10-5-4-9-22(23)28-25(29)17-27-26(30)20-7-6-8-21(16-20)31-3/h4-12,15-16H,13-14,17H2,1-3H3,(H,27,30). The lowest BCUT2D eigenvalue weighted by Crippen LogP contribution is -2.25. The molecule has 4 aromatic rings. The summed E-state index contributed by atoms with van der Waals surface area (Å²) in [6.45, 7) is 5.56. The second-order valence-corrected chi connectivity index (χ2v) is 7.70. The van der Waals surface area contributed by atoms with Gasteiger partial charge in [0, 0.05) is 5.56 Å². The first-order valence-electron chi connectivity index (χ1n) is 10.6. The molecule has 0 bridgehead atoms. The number of aromatic nitrogens is 2. The van der Waals surface area contributed by atoms with Crippen molar-refractivity contribution >= 4 is 16.9 Å². The number of benzene rings is 3. The van der Waals surface area contributed by atoms with Gasteiger partial charge in [-0.25, -0.2) is 4.98 Å². The van der Waals surface area contributed by atoms with E-state index >= 15 is 0 Å². The second kappa shape index (κ2) is 9.56. The topological polar surface area (TPSA) is 65.4 Å². The highest BCUT2D eigenvalue weighted by molar-refractivity contribution is 5.94. The van der Waals surface area contributed by atoms with E-state index in [-0.39, 0.29) is 5.91 Å². The number of ether oxygens (including phenoxy) is 2. The summed E-state index contributed by atoms with van der Waals surface area (Å²) in [5, 5.41) is 2.97. The average molecular weight is 430 g/mol. The van der Waals surface area contributed by atoms with Gasteiger partial charge < -0.3 is 19.4 Å². The van der Waals surface area contributed by atoms with Crippen LogP contribution >= 0.6 is 0 Å². The fraction of sp³-hybridized carbons (Fsp3) is 0.231. The Labute approximate surface area is 187 Å². The Balaban J connectivity index is 1.49. The number of nitrogens with one attached hydrogen (secondary N) is 1. The van der Waals surface area contributed by atoms with Crippen LogP contribution in [0.5, 0.6) is 11.5 Å². The van der Waals surface area contributed by atoms with E-state index in [9.17, 15) is 4.79 Å². The third kappa shape index (κ3) is 4.75. The van der Waals surface area contributed by atoms with Gasteiger partial charge in [0.2, 0.25) is 0 Å². The molecule has 0 saturated heterocycles. The zero-order valence-corrected chi connectivity index (χ0v) is 18.6. The zero-order valence-electron chi connectivity index (χ0n) is 18.6. The number of hydrogen-bond donors (Lipinski definition) is 1. The first kappa shape index (κ1) is 21.4. The Bertz CT molecular complexity index is 1250. The van der Waals surface area contributed by atoms with E-state index in [1.165, 1.54) is 5.56 Å². The maximum atomic E-state index is 12.6. The summed E-state index contributed by atoms with van der Waals surface area (Å²) in [6.07, 6.45) is 0. The van der Waals surface area contributed by atoms with Crippen molar-refractivity contribution in [1.82, 2.24) is 14.9 Å². The lowest BCUT2D eigenvalue weighted by Gasteiger charge is -2.13. The molecule has 1 aromatic heterocycles. The highest BCUT2D eigenvalue weighted by Crippen LogP contribution is 2.20. The minimum atomic E-state index is -0.172. The Hall–Kier alpha value is -3.80. The van der Waals surface area contributed by atoms with Gasteiger partial charge >= 0.3 is 0 Å². The Morgan fingerprint density at radius 3 is 2.69 bits per heavy atom. The smallest absolute Gasteiger partial charge is 0.251 e. The van der Waals surface area contributed by atoms with Gasteiger partial charge in [0.05, 0.1) is 31.2 Å². The largest absolute Gasteiger partial charge is 0.497 e. The van der Waals surface area contributed by atoms with Gasteiger partial charge in [-0.2, -0.15) is 0 Å². The number of amides is 1. The Morgan fingerprint density at radius 1 is 1.03 bits per heavy atom. The number of carbonyl (C=O) groups is 1. The molecule has 0 aliphatic carbocycles. The van der Waals surface area contributed by atoms with Crippen molar-refractivity contribution in [2.45, 2.75) is 26.9 Å². The molecule has 1 heterocycles. The minimum Gasteiger partial charge on any atom is -0.497 e. The summed E-state index contributed by atoms with van der Waals surface area (Å²) in [4.78, 5) is 17.4. The van der Waals surface area contributed by atoms with Gasteiger partial charge in [-0.15, -0.1) is 0 Å². The van der Waals surface area contributed by atoms with Crippen molar-refractivity contribution in [3.05, 3.63) is 89.2 Å². The minimum absolute atomic E-state index is 0.172. The zero-order chi connectivity index (χ0) is 22.5. The summed E-state index contributed by atoms with van der Waals surface area (Å²) < 4.78 is 13.4. The Morgan fingerprint density at radius 2 is 1.88 bits per heavy atom. The average Bonchev–Trinajstić information content (AvgIpc) is 3.16. The van der Waals surface area contributed by atoms with E-state index in [0.29, 0.717) is 31.0 Å². The molecule has 0 unspecified atom stereocenters. The Kier molecular flexibility index (Phi) is 6.40. The van der Waals surface area contributed by atoms with Gasteiger partial charge in [-0.05, 0) is 55.8 Å². The summed E-state index contributed by atoms with van der Waals surface area (Å²) >= 11 is 0. The van der Waals surface area contributed by atoms with Crippen LogP contribution in [0.1, 0.15) is 27.3 Å².